The molecule has 1 N–H and O–H groups in total. The van der Waals surface area contributed by atoms with Crippen molar-refractivity contribution in [3.8, 4) is 22.8 Å². The van der Waals surface area contributed by atoms with Crippen molar-refractivity contribution in [2.24, 2.45) is 0 Å². The molecular formula is C28H24N2O4S. The molecule has 5 rings (SSSR count). The summed E-state index contributed by atoms with van der Waals surface area (Å²) in [5.74, 6) is 0.838. The van der Waals surface area contributed by atoms with Gasteiger partial charge in [0.1, 0.15) is 13.2 Å². The van der Waals surface area contributed by atoms with E-state index in [-0.39, 0.29) is 24.5 Å². The minimum absolute atomic E-state index is 0.0710. The van der Waals surface area contributed by atoms with Crippen LogP contribution in [0.5, 0.6) is 11.5 Å². The Morgan fingerprint density at radius 3 is 2.34 bits per heavy atom. The first-order valence-electron chi connectivity index (χ1n) is 11.5. The molecule has 0 fully saturated rings. The van der Waals surface area contributed by atoms with Crippen molar-refractivity contribution in [1.29, 1.82) is 0 Å². The third-order valence-electron chi connectivity index (χ3n) is 5.64. The molecule has 2 heterocycles. The average molecular weight is 485 g/mol. The Labute approximate surface area is 207 Å². The first-order chi connectivity index (χ1) is 17.2. The molecule has 1 amide bonds. The van der Waals surface area contributed by atoms with E-state index in [1.165, 1.54) is 16.9 Å². The molecule has 1 aliphatic rings. The van der Waals surface area contributed by atoms with Crippen LogP contribution in [0.4, 0.5) is 5.13 Å². The topological polar surface area (TPSA) is 77.5 Å². The van der Waals surface area contributed by atoms with E-state index in [1.54, 1.807) is 18.2 Å². The summed E-state index contributed by atoms with van der Waals surface area (Å²) >= 11 is 1.47. The highest BCUT2D eigenvalue weighted by Gasteiger charge is 2.18. The molecule has 0 aliphatic carbocycles. The van der Waals surface area contributed by atoms with Gasteiger partial charge in [-0.1, -0.05) is 60.7 Å². The van der Waals surface area contributed by atoms with Gasteiger partial charge in [-0.25, -0.2) is 4.98 Å². The molecular weight excluding hydrogens is 460 g/mol. The van der Waals surface area contributed by atoms with Gasteiger partial charge in [0.25, 0.3) is 0 Å². The lowest BCUT2D eigenvalue weighted by Crippen LogP contribution is -2.16. The highest BCUT2D eigenvalue weighted by Crippen LogP contribution is 2.33. The Balaban J connectivity index is 1.26. The number of anilines is 1. The molecule has 0 saturated carbocycles. The first kappa shape index (κ1) is 22.8. The number of thiazole rings is 1. The fraction of sp³-hybridized carbons (Fsp3) is 0.179. The van der Waals surface area contributed by atoms with Gasteiger partial charge < -0.3 is 14.8 Å². The molecule has 0 radical (unpaired) electrons. The molecule has 4 aromatic rings. The third kappa shape index (κ3) is 5.58. The molecule has 0 saturated heterocycles. The number of Topliss-reactive ketones (excluding diaryl/α,β-unsaturated/α-hetero) is 1. The van der Waals surface area contributed by atoms with Gasteiger partial charge in [0.2, 0.25) is 5.91 Å². The number of nitrogens with one attached hydrogen (secondary N) is 1. The Morgan fingerprint density at radius 2 is 1.57 bits per heavy atom. The molecule has 35 heavy (non-hydrogen) atoms. The quantitative estimate of drug-likeness (QED) is 0.321. The highest BCUT2D eigenvalue weighted by atomic mass is 32.1. The highest BCUT2D eigenvalue weighted by molar-refractivity contribution is 7.16. The summed E-state index contributed by atoms with van der Waals surface area (Å²) < 4.78 is 11.0. The fourth-order valence-electron chi connectivity index (χ4n) is 3.90. The number of fused-ring (bicyclic) bond motifs is 1. The number of nitrogens with zero attached hydrogens (tertiary/aromatic N) is 1. The Bertz CT molecular complexity index is 1340. The van der Waals surface area contributed by atoms with E-state index >= 15 is 0 Å². The van der Waals surface area contributed by atoms with Gasteiger partial charge in [0.05, 0.1) is 5.69 Å². The average Bonchev–Trinajstić information content (AvgIpc) is 3.29. The zero-order valence-corrected chi connectivity index (χ0v) is 19.8. The predicted octanol–water partition coefficient (Wildman–Crippen LogP) is 5.77. The van der Waals surface area contributed by atoms with Crippen LogP contribution in [0.3, 0.4) is 0 Å². The molecule has 0 atom stereocenters. The minimum Gasteiger partial charge on any atom is -0.486 e. The molecule has 176 valence electrons. The first-order valence-corrected chi connectivity index (χ1v) is 12.3. The molecule has 0 bridgehead atoms. The molecule has 1 aliphatic heterocycles. The number of rotatable bonds is 8. The van der Waals surface area contributed by atoms with Crippen molar-refractivity contribution in [1.82, 2.24) is 4.98 Å². The number of benzene rings is 3. The second-order valence-electron chi connectivity index (χ2n) is 8.15. The van der Waals surface area contributed by atoms with Crippen LogP contribution in [0, 0.1) is 0 Å². The van der Waals surface area contributed by atoms with Gasteiger partial charge in [0, 0.05) is 35.3 Å². The van der Waals surface area contributed by atoms with Crippen molar-refractivity contribution in [3.63, 3.8) is 0 Å². The molecule has 3 aromatic carbocycles. The normalized spacial score (nSPS) is 12.2. The molecule has 7 heteroatoms. The number of hydrogen-bond donors (Lipinski definition) is 1. The predicted molar refractivity (Wildman–Crippen MR) is 136 cm³/mol. The van der Waals surface area contributed by atoms with Crippen LogP contribution in [0.1, 0.15) is 33.6 Å². The van der Waals surface area contributed by atoms with Crippen molar-refractivity contribution >= 4 is 28.2 Å². The third-order valence-corrected chi connectivity index (χ3v) is 6.61. The van der Waals surface area contributed by atoms with Crippen LogP contribution in [-0.4, -0.2) is 29.9 Å². The number of ether oxygens (including phenoxy) is 2. The maximum absolute atomic E-state index is 12.7. The fourth-order valence-corrected chi connectivity index (χ4v) is 4.93. The van der Waals surface area contributed by atoms with E-state index in [9.17, 15) is 9.59 Å². The Kier molecular flexibility index (Phi) is 6.86. The largest absolute Gasteiger partial charge is 0.486 e. The van der Waals surface area contributed by atoms with E-state index in [0.29, 0.717) is 35.4 Å². The SMILES string of the molecule is O=C(CCC(=O)c1ccc2c(c1)OCCO2)Nc1nc(-c2ccccc2)c(Cc2ccccc2)s1. The second kappa shape index (κ2) is 10.5. The number of aromatic nitrogens is 1. The van der Waals surface area contributed by atoms with Gasteiger partial charge >= 0.3 is 0 Å². The number of carbonyl (C=O) groups excluding carboxylic acids is 2. The van der Waals surface area contributed by atoms with Crippen molar-refractivity contribution in [2.45, 2.75) is 19.3 Å². The van der Waals surface area contributed by atoms with Crippen LogP contribution in [0.25, 0.3) is 11.3 Å². The molecule has 1 aromatic heterocycles. The summed E-state index contributed by atoms with van der Waals surface area (Å²) in [5, 5.41) is 3.42. The van der Waals surface area contributed by atoms with Crippen molar-refractivity contribution in [2.75, 3.05) is 18.5 Å². The summed E-state index contributed by atoms with van der Waals surface area (Å²) in [6, 6.07) is 25.2. The van der Waals surface area contributed by atoms with Crippen LogP contribution in [-0.2, 0) is 11.2 Å². The summed E-state index contributed by atoms with van der Waals surface area (Å²) in [5.41, 5.74) is 3.55. The van der Waals surface area contributed by atoms with Gasteiger partial charge in [0.15, 0.2) is 22.4 Å². The van der Waals surface area contributed by atoms with Gasteiger partial charge in [-0.05, 0) is 23.8 Å². The second-order valence-corrected chi connectivity index (χ2v) is 9.23. The smallest absolute Gasteiger partial charge is 0.226 e. The zero-order chi connectivity index (χ0) is 24.0. The molecule has 0 spiro atoms. The van der Waals surface area contributed by atoms with Crippen LogP contribution < -0.4 is 14.8 Å². The number of carbonyl (C=O) groups is 2. The maximum Gasteiger partial charge on any atom is 0.226 e. The van der Waals surface area contributed by atoms with E-state index in [0.717, 1.165) is 22.6 Å². The van der Waals surface area contributed by atoms with Crippen LogP contribution in [0.2, 0.25) is 0 Å². The van der Waals surface area contributed by atoms with Crippen LogP contribution >= 0.6 is 11.3 Å². The zero-order valence-electron chi connectivity index (χ0n) is 19.0. The van der Waals surface area contributed by atoms with Gasteiger partial charge in [-0.15, -0.1) is 11.3 Å². The van der Waals surface area contributed by atoms with Crippen molar-refractivity contribution < 1.29 is 19.1 Å². The standard InChI is InChI=1S/C28H24N2O4S/c31-22(21-11-13-23-24(18-21)34-16-15-33-23)12-14-26(32)29-28-30-27(20-9-5-2-6-10-20)25(35-28)17-19-7-3-1-4-8-19/h1-11,13,18H,12,14-17H2,(H,29,30,32). The Morgan fingerprint density at radius 1 is 0.857 bits per heavy atom. The lowest BCUT2D eigenvalue weighted by molar-refractivity contribution is -0.116. The molecule has 6 nitrogen and oxygen atoms in total. The summed E-state index contributed by atoms with van der Waals surface area (Å²) in [4.78, 5) is 31.1. The lowest BCUT2D eigenvalue weighted by atomic mass is 10.1. The minimum atomic E-state index is -0.240. The van der Waals surface area contributed by atoms with E-state index in [2.05, 4.69) is 17.4 Å². The summed E-state index contributed by atoms with van der Waals surface area (Å²) in [6.07, 6.45) is 0.891. The van der Waals surface area contributed by atoms with Crippen LogP contribution in [0.15, 0.2) is 78.9 Å². The summed E-state index contributed by atoms with van der Waals surface area (Å²) in [6.45, 7) is 0.953. The number of hydrogen-bond acceptors (Lipinski definition) is 6. The monoisotopic (exact) mass is 484 g/mol. The van der Waals surface area contributed by atoms with E-state index in [1.807, 2.05) is 48.5 Å². The van der Waals surface area contributed by atoms with Gasteiger partial charge in [-0.3, -0.25) is 9.59 Å². The number of ketones is 1. The lowest BCUT2D eigenvalue weighted by Gasteiger charge is -2.18. The van der Waals surface area contributed by atoms with E-state index < -0.39 is 0 Å². The summed E-state index contributed by atoms with van der Waals surface area (Å²) in [7, 11) is 0. The van der Waals surface area contributed by atoms with E-state index in [4.69, 9.17) is 14.5 Å². The Hall–Kier alpha value is -3.97. The molecule has 0 unspecified atom stereocenters. The van der Waals surface area contributed by atoms with Crippen molar-refractivity contribution in [3.05, 3.63) is 94.9 Å². The maximum atomic E-state index is 12.7. The number of amides is 1. The van der Waals surface area contributed by atoms with Gasteiger partial charge in [-0.2, -0.15) is 0 Å².